The summed E-state index contributed by atoms with van der Waals surface area (Å²) in [4.78, 5) is 4.53. The second-order valence-electron chi connectivity index (χ2n) is 4.41. The van der Waals surface area contributed by atoms with Gasteiger partial charge in [0.25, 0.3) is 0 Å². The molecule has 0 amide bonds. The van der Waals surface area contributed by atoms with Crippen LogP contribution in [0.5, 0.6) is 0 Å². The number of nitrogens with zero attached hydrogens (tertiary/aromatic N) is 1. The topological polar surface area (TPSA) is 45.1 Å². The Bertz CT molecular complexity index is 299. The zero-order valence-electron chi connectivity index (χ0n) is 10.4. The van der Waals surface area contributed by atoms with Crippen molar-refractivity contribution in [2.75, 3.05) is 6.54 Å². The molecule has 1 aromatic rings. The minimum absolute atomic E-state index is 0.229. The van der Waals surface area contributed by atoms with Crippen LogP contribution in [0.3, 0.4) is 0 Å². The summed E-state index contributed by atoms with van der Waals surface area (Å²) in [7, 11) is 0. The van der Waals surface area contributed by atoms with E-state index in [0.29, 0.717) is 12.5 Å². The van der Waals surface area contributed by atoms with Crippen molar-refractivity contribution in [3.63, 3.8) is 0 Å². The van der Waals surface area contributed by atoms with Crippen LogP contribution in [0.25, 0.3) is 0 Å². The quantitative estimate of drug-likeness (QED) is 0.772. The van der Waals surface area contributed by atoms with Gasteiger partial charge in [0.2, 0.25) is 0 Å². The van der Waals surface area contributed by atoms with E-state index in [1.54, 1.807) is 11.3 Å². The normalized spacial score (nSPS) is 13.3. The molecule has 0 saturated carbocycles. The summed E-state index contributed by atoms with van der Waals surface area (Å²) >= 11 is 1.71. The van der Waals surface area contributed by atoms with Crippen LogP contribution in [0.15, 0.2) is 5.38 Å². The number of aromatic nitrogens is 1. The van der Waals surface area contributed by atoms with Gasteiger partial charge < -0.3 is 10.4 Å². The molecule has 0 fully saturated rings. The van der Waals surface area contributed by atoms with E-state index in [2.05, 4.69) is 36.5 Å². The Morgan fingerprint density at radius 3 is 2.81 bits per heavy atom. The molecule has 0 aliphatic carbocycles. The number of rotatable bonds is 7. The standard InChI is InChI=1S/C12H22N2OS/c1-4-5-11(15)7-13-6-10-8-16-12(14-10)9(2)3/h8-9,11,13,15H,4-7H2,1-3H3. The van der Waals surface area contributed by atoms with Gasteiger partial charge in [-0.2, -0.15) is 0 Å². The van der Waals surface area contributed by atoms with Crippen molar-refractivity contribution >= 4 is 11.3 Å². The van der Waals surface area contributed by atoms with E-state index in [4.69, 9.17) is 0 Å². The molecule has 92 valence electrons. The van der Waals surface area contributed by atoms with Crippen LogP contribution < -0.4 is 5.32 Å². The SMILES string of the molecule is CCCC(O)CNCc1csc(C(C)C)n1. The van der Waals surface area contributed by atoms with Gasteiger partial charge in [-0.1, -0.05) is 27.2 Å². The maximum atomic E-state index is 9.54. The molecule has 0 bridgehead atoms. The highest BCUT2D eigenvalue weighted by Gasteiger charge is 2.06. The largest absolute Gasteiger partial charge is 0.392 e. The molecule has 0 radical (unpaired) electrons. The van der Waals surface area contributed by atoms with Gasteiger partial charge in [0, 0.05) is 24.4 Å². The van der Waals surface area contributed by atoms with Crippen molar-refractivity contribution in [2.45, 2.75) is 52.2 Å². The molecule has 0 aliphatic heterocycles. The molecule has 0 aromatic carbocycles. The first-order chi connectivity index (χ1) is 7.63. The maximum Gasteiger partial charge on any atom is 0.0954 e. The van der Waals surface area contributed by atoms with Crippen LogP contribution >= 0.6 is 11.3 Å². The second-order valence-corrected chi connectivity index (χ2v) is 5.29. The average Bonchev–Trinajstić information content (AvgIpc) is 2.67. The summed E-state index contributed by atoms with van der Waals surface area (Å²) in [5, 5.41) is 16.1. The van der Waals surface area contributed by atoms with E-state index < -0.39 is 0 Å². The number of hydrogen-bond acceptors (Lipinski definition) is 4. The zero-order chi connectivity index (χ0) is 12.0. The smallest absolute Gasteiger partial charge is 0.0954 e. The summed E-state index contributed by atoms with van der Waals surface area (Å²) in [6, 6.07) is 0. The second kappa shape index (κ2) is 6.99. The highest BCUT2D eigenvalue weighted by atomic mass is 32.1. The Kier molecular flexibility index (Phi) is 5.95. The van der Waals surface area contributed by atoms with Crippen molar-refractivity contribution in [3.05, 3.63) is 16.1 Å². The van der Waals surface area contributed by atoms with Crippen LogP contribution in [-0.2, 0) is 6.54 Å². The minimum Gasteiger partial charge on any atom is -0.392 e. The fourth-order valence-electron chi connectivity index (χ4n) is 1.47. The first-order valence-corrected chi connectivity index (χ1v) is 6.84. The predicted molar refractivity (Wildman–Crippen MR) is 68.8 cm³/mol. The summed E-state index contributed by atoms with van der Waals surface area (Å²) in [5.41, 5.74) is 1.08. The molecule has 1 rings (SSSR count). The molecular weight excluding hydrogens is 220 g/mol. The zero-order valence-corrected chi connectivity index (χ0v) is 11.2. The summed E-state index contributed by atoms with van der Waals surface area (Å²) in [6.07, 6.45) is 1.66. The number of hydrogen-bond donors (Lipinski definition) is 2. The van der Waals surface area contributed by atoms with Crippen LogP contribution in [0.2, 0.25) is 0 Å². The number of aliphatic hydroxyl groups is 1. The Morgan fingerprint density at radius 1 is 1.50 bits per heavy atom. The van der Waals surface area contributed by atoms with Gasteiger partial charge >= 0.3 is 0 Å². The summed E-state index contributed by atoms with van der Waals surface area (Å²) < 4.78 is 0. The monoisotopic (exact) mass is 242 g/mol. The third-order valence-corrected chi connectivity index (χ3v) is 3.57. The van der Waals surface area contributed by atoms with Crippen LogP contribution in [0.4, 0.5) is 0 Å². The van der Waals surface area contributed by atoms with E-state index in [0.717, 1.165) is 25.1 Å². The van der Waals surface area contributed by atoms with Gasteiger partial charge in [-0.3, -0.25) is 0 Å². The van der Waals surface area contributed by atoms with Crippen LogP contribution in [0.1, 0.15) is 50.2 Å². The molecule has 1 aromatic heterocycles. The minimum atomic E-state index is -0.229. The first kappa shape index (κ1) is 13.6. The number of thiazole rings is 1. The highest BCUT2D eigenvalue weighted by Crippen LogP contribution is 2.18. The Morgan fingerprint density at radius 2 is 2.25 bits per heavy atom. The predicted octanol–water partition coefficient (Wildman–Crippen LogP) is 2.52. The highest BCUT2D eigenvalue weighted by molar-refractivity contribution is 7.09. The molecular formula is C12H22N2OS. The molecule has 3 nitrogen and oxygen atoms in total. The van der Waals surface area contributed by atoms with Gasteiger partial charge in [0.15, 0.2) is 0 Å². The average molecular weight is 242 g/mol. The third kappa shape index (κ3) is 4.60. The van der Waals surface area contributed by atoms with Crippen molar-refractivity contribution in [2.24, 2.45) is 0 Å². The van der Waals surface area contributed by atoms with Crippen molar-refractivity contribution in [1.29, 1.82) is 0 Å². The van der Waals surface area contributed by atoms with Crippen molar-refractivity contribution in [1.82, 2.24) is 10.3 Å². The lowest BCUT2D eigenvalue weighted by Gasteiger charge is -2.09. The lowest BCUT2D eigenvalue weighted by molar-refractivity contribution is 0.160. The molecule has 1 atom stereocenters. The van der Waals surface area contributed by atoms with Crippen LogP contribution in [-0.4, -0.2) is 22.7 Å². The summed E-state index contributed by atoms with van der Waals surface area (Å²) in [5.74, 6) is 0.504. The number of nitrogens with one attached hydrogen (secondary N) is 1. The molecule has 4 heteroatoms. The lowest BCUT2D eigenvalue weighted by Crippen LogP contribution is -2.26. The molecule has 0 aliphatic rings. The lowest BCUT2D eigenvalue weighted by atomic mass is 10.2. The maximum absolute atomic E-state index is 9.54. The third-order valence-electron chi connectivity index (χ3n) is 2.37. The molecule has 0 saturated heterocycles. The van der Waals surface area contributed by atoms with Crippen molar-refractivity contribution in [3.8, 4) is 0 Å². The Balaban J connectivity index is 2.26. The number of aliphatic hydroxyl groups excluding tert-OH is 1. The molecule has 16 heavy (non-hydrogen) atoms. The van der Waals surface area contributed by atoms with Gasteiger partial charge in [-0.25, -0.2) is 4.98 Å². The van der Waals surface area contributed by atoms with E-state index in [1.165, 1.54) is 5.01 Å². The molecule has 2 N–H and O–H groups in total. The van der Waals surface area contributed by atoms with Gasteiger partial charge in [0.05, 0.1) is 16.8 Å². The van der Waals surface area contributed by atoms with E-state index in [-0.39, 0.29) is 6.10 Å². The Hall–Kier alpha value is -0.450. The van der Waals surface area contributed by atoms with E-state index >= 15 is 0 Å². The van der Waals surface area contributed by atoms with Gasteiger partial charge in [-0.15, -0.1) is 11.3 Å². The van der Waals surface area contributed by atoms with Gasteiger partial charge in [0.1, 0.15) is 0 Å². The fourth-order valence-corrected chi connectivity index (χ4v) is 2.31. The van der Waals surface area contributed by atoms with Crippen LogP contribution in [0, 0.1) is 0 Å². The molecule has 1 unspecified atom stereocenters. The van der Waals surface area contributed by atoms with E-state index in [9.17, 15) is 5.11 Å². The Labute approximate surface area is 102 Å². The van der Waals surface area contributed by atoms with Gasteiger partial charge in [-0.05, 0) is 6.42 Å². The molecule has 1 heterocycles. The van der Waals surface area contributed by atoms with E-state index in [1.807, 2.05) is 0 Å². The first-order valence-electron chi connectivity index (χ1n) is 5.96. The fraction of sp³-hybridized carbons (Fsp3) is 0.750. The molecule has 0 spiro atoms. The summed E-state index contributed by atoms with van der Waals surface area (Å²) in [6.45, 7) is 7.80. The van der Waals surface area contributed by atoms with Crippen molar-refractivity contribution < 1.29 is 5.11 Å².